The Kier molecular flexibility index (Phi) is 10.7. The van der Waals surface area contributed by atoms with Gasteiger partial charge in [0.2, 0.25) is 17.6 Å². The van der Waals surface area contributed by atoms with Crippen LogP contribution in [0.1, 0.15) is 57.5 Å². The SMILES string of the molecule is CC(NC(=O)C(NC(=O)c1ccccc1)C(C)(C)C)C(=O)NC(C(=O)C(=O)NCc1ccccc1)C(C)C. The molecule has 4 N–H and O–H groups in total. The number of Topliss-reactive ketones (excluding diaryl/α,β-unsaturated/α-hetero) is 1. The first-order valence-electron chi connectivity index (χ1n) is 12.6. The molecule has 9 nitrogen and oxygen atoms in total. The van der Waals surface area contributed by atoms with Crippen LogP contribution < -0.4 is 21.3 Å². The molecule has 0 bridgehead atoms. The number of amides is 4. The molecule has 2 rings (SSSR count). The normalized spacial score (nSPS) is 13.6. The Balaban J connectivity index is 2.02. The smallest absolute Gasteiger partial charge is 0.289 e. The van der Waals surface area contributed by atoms with Crippen LogP contribution in [0.25, 0.3) is 0 Å². The summed E-state index contributed by atoms with van der Waals surface area (Å²) in [7, 11) is 0. The quantitative estimate of drug-likeness (QED) is 0.336. The maximum Gasteiger partial charge on any atom is 0.289 e. The lowest BCUT2D eigenvalue weighted by molar-refractivity contribution is -0.141. The van der Waals surface area contributed by atoms with Crippen molar-refractivity contribution in [2.24, 2.45) is 11.3 Å². The molecular formula is C29H38N4O5. The van der Waals surface area contributed by atoms with Gasteiger partial charge in [0.25, 0.3) is 11.8 Å². The third-order valence-electron chi connectivity index (χ3n) is 5.96. The molecule has 0 aliphatic rings. The van der Waals surface area contributed by atoms with Crippen LogP contribution in [-0.2, 0) is 25.7 Å². The van der Waals surface area contributed by atoms with E-state index < -0.39 is 53.0 Å². The van der Waals surface area contributed by atoms with Crippen molar-refractivity contribution in [3.8, 4) is 0 Å². The highest BCUT2D eigenvalue weighted by Crippen LogP contribution is 2.20. The van der Waals surface area contributed by atoms with Crippen molar-refractivity contribution in [3.05, 3.63) is 71.8 Å². The number of hydrogen-bond donors (Lipinski definition) is 4. The lowest BCUT2D eigenvalue weighted by Gasteiger charge is -2.31. The molecule has 0 heterocycles. The lowest BCUT2D eigenvalue weighted by Crippen LogP contribution is -2.59. The summed E-state index contributed by atoms with van der Waals surface area (Å²) in [5.41, 5.74) is 0.588. The second kappa shape index (κ2) is 13.5. The predicted octanol–water partition coefficient (Wildman–Crippen LogP) is 2.36. The Bertz CT molecular complexity index is 1130. The molecule has 0 spiro atoms. The van der Waals surface area contributed by atoms with E-state index in [1.807, 2.05) is 30.3 Å². The summed E-state index contributed by atoms with van der Waals surface area (Å²) in [4.78, 5) is 64.0. The van der Waals surface area contributed by atoms with Crippen LogP contribution in [0.2, 0.25) is 0 Å². The van der Waals surface area contributed by atoms with Crippen molar-refractivity contribution in [2.75, 3.05) is 0 Å². The summed E-state index contributed by atoms with van der Waals surface area (Å²) in [6.45, 7) is 10.5. The summed E-state index contributed by atoms with van der Waals surface area (Å²) in [6.07, 6.45) is 0. The van der Waals surface area contributed by atoms with Crippen LogP contribution >= 0.6 is 0 Å². The van der Waals surface area contributed by atoms with Crippen molar-refractivity contribution in [3.63, 3.8) is 0 Å². The topological polar surface area (TPSA) is 133 Å². The Morgan fingerprint density at radius 3 is 1.82 bits per heavy atom. The standard InChI is InChI=1S/C29H38N4O5/c1-18(2)22(23(34)27(37)30-17-20-13-9-7-10-14-20)32-25(35)19(3)31-28(38)24(29(4,5)6)33-26(36)21-15-11-8-12-16-21/h7-16,18-19,22,24H,17H2,1-6H3,(H,30,37)(H,31,38)(H,32,35)(H,33,36). The van der Waals surface area contributed by atoms with Crippen molar-refractivity contribution < 1.29 is 24.0 Å². The number of rotatable bonds is 11. The van der Waals surface area contributed by atoms with E-state index in [0.29, 0.717) is 5.56 Å². The summed E-state index contributed by atoms with van der Waals surface area (Å²) < 4.78 is 0. The number of benzene rings is 2. The first-order chi connectivity index (χ1) is 17.8. The van der Waals surface area contributed by atoms with E-state index in [1.165, 1.54) is 6.92 Å². The molecule has 2 aromatic rings. The Morgan fingerprint density at radius 2 is 1.29 bits per heavy atom. The van der Waals surface area contributed by atoms with Gasteiger partial charge >= 0.3 is 0 Å². The van der Waals surface area contributed by atoms with Gasteiger partial charge in [0.05, 0.1) is 6.04 Å². The highest BCUT2D eigenvalue weighted by atomic mass is 16.2. The molecule has 0 saturated carbocycles. The first-order valence-corrected chi connectivity index (χ1v) is 12.6. The molecule has 3 atom stereocenters. The molecule has 4 amide bonds. The Hall–Kier alpha value is -4.01. The van der Waals surface area contributed by atoms with Gasteiger partial charge in [-0.05, 0) is 36.0 Å². The monoisotopic (exact) mass is 522 g/mol. The second-order valence-electron chi connectivity index (χ2n) is 10.6. The number of hydrogen-bond acceptors (Lipinski definition) is 5. The van der Waals surface area contributed by atoms with Crippen LogP contribution in [0.15, 0.2) is 60.7 Å². The second-order valence-corrected chi connectivity index (χ2v) is 10.6. The summed E-state index contributed by atoms with van der Waals surface area (Å²) >= 11 is 0. The van der Waals surface area contributed by atoms with E-state index >= 15 is 0 Å². The van der Waals surface area contributed by atoms with E-state index in [9.17, 15) is 24.0 Å². The van der Waals surface area contributed by atoms with Gasteiger partial charge in [0.1, 0.15) is 12.1 Å². The molecule has 0 saturated heterocycles. The molecule has 0 aliphatic carbocycles. The lowest BCUT2D eigenvalue weighted by atomic mass is 9.85. The highest BCUT2D eigenvalue weighted by Gasteiger charge is 2.35. The molecular weight excluding hydrogens is 484 g/mol. The van der Waals surface area contributed by atoms with Crippen molar-refractivity contribution >= 4 is 29.4 Å². The zero-order valence-corrected chi connectivity index (χ0v) is 22.8. The number of ketones is 1. The fourth-order valence-corrected chi connectivity index (χ4v) is 3.66. The summed E-state index contributed by atoms with van der Waals surface area (Å²) in [5, 5.41) is 10.5. The molecule has 0 fully saturated rings. The van der Waals surface area contributed by atoms with Gasteiger partial charge in [-0.25, -0.2) is 0 Å². The number of carbonyl (C=O) groups is 5. The van der Waals surface area contributed by atoms with Gasteiger partial charge in [-0.2, -0.15) is 0 Å². The van der Waals surface area contributed by atoms with E-state index in [-0.39, 0.29) is 12.5 Å². The van der Waals surface area contributed by atoms with Gasteiger partial charge in [0.15, 0.2) is 0 Å². The van der Waals surface area contributed by atoms with E-state index in [0.717, 1.165) is 5.56 Å². The summed E-state index contributed by atoms with van der Waals surface area (Å²) in [6, 6.07) is 14.6. The third-order valence-corrected chi connectivity index (χ3v) is 5.96. The average molecular weight is 523 g/mol. The highest BCUT2D eigenvalue weighted by molar-refractivity contribution is 6.38. The molecule has 38 heavy (non-hydrogen) atoms. The van der Waals surface area contributed by atoms with Gasteiger partial charge in [-0.1, -0.05) is 83.1 Å². The molecule has 9 heteroatoms. The van der Waals surface area contributed by atoms with Crippen LogP contribution in [0.3, 0.4) is 0 Å². The fraction of sp³-hybridized carbons (Fsp3) is 0.414. The molecule has 204 valence electrons. The molecule has 3 unspecified atom stereocenters. The third kappa shape index (κ3) is 8.83. The largest absolute Gasteiger partial charge is 0.345 e. The summed E-state index contributed by atoms with van der Waals surface area (Å²) in [5.74, 6) is -3.53. The van der Waals surface area contributed by atoms with Crippen LogP contribution in [0.4, 0.5) is 0 Å². The minimum absolute atomic E-state index is 0.180. The van der Waals surface area contributed by atoms with E-state index in [4.69, 9.17) is 0 Å². The number of carbonyl (C=O) groups excluding carboxylic acids is 5. The minimum Gasteiger partial charge on any atom is -0.345 e. The minimum atomic E-state index is -1.08. The van der Waals surface area contributed by atoms with Gasteiger partial charge in [-0.15, -0.1) is 0 Å². The number of nitrogens with one attached hydrogen (secondary N) is 4. The molecule has 0 radical (unpaired) electrons. The van der Waals surface area contributed by atoms with Crippen molar-refractivity contribution in [1.29, 1.82) is 0 Å². The first kappa shape index (κ1) is 30.2. The van der Waals surface area contributed by atoms with Gasteiger partial charge in [-0.3, -0.25) is 24.0 Å². The fourth-order valence-electron chi connectivity index (χ4n) is 3.66. The van der Waals surface area contributed by atoms with Crippen molar-refractivity contribution in [1.82, 2.24) is 21.3 Å². The van der Waals surface area contributed by atoms with Crippen LogP contribution in [-0.4, -0.2) is 47.5 Å². The molecule has 0 aliphatic heterocycles. The zero-order chi connectivity index (χ0) is 28.5. The van der Waals surface area contributed by atoms with E-state index in [2.05, 4.69) is 21.3 Å². The van der Waals surface area contributed by atoms with Gasteiger partial charge < -0.3 is 21.3 Å². The van der Waals surface area contributed by atoms with Crippen molar-refractivity contribution in [2.45, 2.75) is 66.2 Å². The Morgan fingerprint density at radius 1 is 0.737 bits per heavy atom. The maximum absolute atomic E-state index is 13.1. The van der Waals surface area contributed by atoms with E-state index in [1.54, 1.807) is 65.0 Å². The van der Waals surface area contributed by atoms with Gasteiger partial charge in [0, 0.05) is 12.1 Å². The Labute approximate surface area is 224 Å². The van der Waals surface area contributed by atoms with Crippen LogP contribution in [0.5, 0.6) is 0 Å². The van der Waals surface area contributed by atoms with Crippen LogP contribution in [0, 0.1) is 11.3 Å². The predicted molar refractivity (Wildman–Crippen MR) is 145 cm³/mol. The molecule has 2 aromatic carbocycles. The zero-order valence-electron chi connectivity index (χ0n) is 22.8. The maximum atomic E-state index is 13.1. The average Bonchev–Trinajstić information content (AvgIpc) is 2.88. The molecule has 0 aromatic heterocycles.